The van der Waals surface area contributed by atoms with Crippen LogP contribution in [0.3, 0.4) is 0 Å². The lowest BCUT2D eigenvalue weighted by molar-refractivity contribution is 0.171. The van der Waals surface area contributed by atoms with Crippen molar-refractivity contribution in [3.05, 3.63) is 52.1 Å². The first-order valence-electron chi connectivity index (χ1n) is 6.12. The molecule has 1 N–H and O–H groups in total. The average molecular weight is 272 g/mol. The molecule has 1 aliphatic heterocycles. The van der Waals surface area contributed by atoms with Crippen molar-refractivity contribution < 1.29 is 19.0 Å². The molecule has 0 amide bonds. The maximum absolute atomic E-state index is 11.3. The van der Waals surface area contributed by atoms with E-state index in [-0.39, 0.29) is 0 Å². The molecule has 102 valence electrons. The summed E-state index contributed by atoms with van der Waals surface area (Å²) in [6, 6.07) is 6.79. The Balaban J connectivity index is 1.85. The van der Waals surface area contributed by atoms with Gasteiger partial charge in [-0.1, -0.05) is 12.1 Å². The van der Waals surface area contributed by atoms with Gasteiger partial charge in [0.25, 0.3) is 0 Å². The molecule has 0 saturated heterocycles. The van der Waals surface area contributed by atoms with Gasteiger partial charge in [-0.05, 0) is 23.8 Å². The van der Waals surface area contributed by atoms with Crippen LogP contribution < -0.4 is 14.9 Å². The Hall–Kier alpha value is -2.69. The average Bonchev–Trinajstić information content (AvgIpc) is 2.48. The third kappa shape index (κ3) is 2.51. The molecule has 0 atom stereocenters. The second kappa shape index (κ2) is 5.13. The van der Waals surface area contributed by atoms with E-state index in [0.29, 0.717) is 24.7 Å². The summed E-state index contributed by atoms with van der Waals surface area (Å²) in [7, 11) is 0. The zero-order valence-corrected chi connectivity index (χ0v) is 10.5. The standard InChI is InChI=1S/C15H12O5/c16-12-8-11(20-9-13(12)17)3-1-10-2-4-14-15(7-10)19-6-5-18-14/h1-4,7-9,17H,5-6H2/b3-1+. The Morgan fingerprint density at radius 3 is 2.65 bits per heavy atom. The van der Waals surface area contributed by atoms with Crippen LogP contribution in [0, 0.1) is 0 Å². The Kier molecular flexibility index (Phi) is 3.16. The zero-order valence-electron chi connectivity index (χ0n) is 10.5. The summed E-state index contributed by atoms with van der Waals surface area (Å²) in [5.74, 6) is 1.39. The minimum atomic E-state index is -0.474. The third-order valence-corrected chi connectivity index (χ3v) is 2.84. The van der Waals surface area contributed by atoms with Gasteiger partial charge in [0.1, 0.15) is 25.2 Å². The van der Waals surface area contributed by atoms with Crippen molar-refractivity contribution in [2.45, 2.75) is 0 Å². The fraction of sp³-hybridized carbons (Fsp3) is 0.133. The number of benzene rings is 1. The summed E-state index contributed by atoms with van der Waals surface area (Å²) in [5, 5.41) is 9.10. The fourth-order valence-electron chi connectivity index (χ4n) is 1.85. The van der Waals surface area contributed by atoms with Crippen LogP contribution in [0.1, 0.15) is 11.3 Å². The first kappa shape index (κ1) is 12.3. The Bertz CT molecular complexity index is 714. The molecule has 0 aliphatic carbocycles. The van der Waals surface area contributed by atoms with Crippen LogP contribution in [0.15, 0.2) is 39.7 Å². The molecule has 5 heteroatoms. The predicted molar refractivity (Wildman–Crippen MR) is 73.0 cm³/mol. The number of hydrogen-bond donors (Lipinski definition) is 1. The van der Waals surface area contributed by atoms with Crippen molar-refractivity contribution in [3.8, 4) is 17.2 Å². The number of rotatable bonds is 2. The fourth-order valence-corrected chi connectivity index (χ4v) is 1.85. The Morgan fingerprint density at radius 1 is 1.05 bits per heavy atom. The highest BCUT2D eigenvalue weighted by molar-refractivity contribution is 5.69. The lowest BCUT2D eigenvalue weighted by atomic mass is 10.1. The van der Waals surface area contributed by atoms with Gasteiger partial charge in [0.15, 0.2) is 17.2 Å². The molecule has 2 aromatic rings. The van der Waals surface area contributed by atoms with Crippen molar-refractivity contribution in [1.29, 1.82) is 0 Å². The first-order valence-corrected chi connectivity index (χ1v) is 6.12. The summed E-state index contributed by atoms with van der Waals surface area (Å²) < 4.78 is 16.0. The lowest BCUT2D eigenvalue weighted by Gasteiger charge is -2.18. The van der Waals surface area contributed by atoms with Crippen molar-refractivity contribution >= 4 is 12.2 Å². The number of fused-ring (bicyclic) bond motifs is 1. The van der Waals surface area contributed by atoms with Crippen molar-refractivity contribution in [3.63, 3.8) is 0 Å². The molecule has 3 rings (SSSR count). The van der Waals surface area contributed by atoms with E-state index in [2.05, 4.69) is 0 Å². The summed E-state index contributed by atoms with van der Waals surface area (Å²) in [6.07, 6.45) is 4.45. The summed E-state index contributed by atoms with van der Waals surface area (Å²) in [4.78, 5) is 11.3. The van der Waals surface area contributed by atoms with Gasteiger partial charge in [-0.2, -0.15) is 0 Å². The molecule has 20 heavy (non-hydrogen) atoms. The maximum atomic E-state index is 11.3. The minimum absolute atomic E-state index is 0.364. The van der Waals surface area contributed by atoms with Gasteiger partial charge in [-0.3, -0.25) is 4.79 Å². The van der Waals surface area contributed by atoms with Crippen LogP contribution >= 0.6 is 0 Å². The summed E-state index contributed by atoms with van der Waals surface area (Å²) >= 11 is 0. The van der Waals surface area contributed by atoms with Crippen LogP contribution in [0.2, 0.25) is 0 Å². The molecule has 0 spiro atoms. The van der Waals surface area contributed by atoms with Gasteiger partial charge in [0.2, 0.25) is 5.43 Å². The monoisotopic (exact) mass is 272 g/mol. The molecule has 1 aromatic heterocycles. The van der Waals surface area contributed by atoms with Crippen LogP contribution in [0.4, 0.5) is 0 Å². The first-order chi connectivity index (χ1) is 9.72. The second-order valence-electron chi connectivity index (χ2n) is 4.27. The van der Waals surface area contributed by atoms with Gasteiger partial charge in [0.05, 0.1) is 0 Å². The van der Waals surface area contributed by atoms with Crippen molar-refractivity contribution in [2.75, 3.05) is 13.2 Å². The summed E-state index contributed by atoms with van der Waals surface area (Å²) in [5.41, 5.74) is 0.419. The van der Waals surface area contributed by atoms with Crippen LogP contribution in [0.25, 0.3) is 12.2 Å². The van der Waals surface area contributed by atoms with Crippen LogP contribution in [-0.4, -0.2) is 18.3 Å². The van der Waals surface area contributed by atoms with Crippen LogP contribution in [0.5, 0.6) is 17.2 Å². The number of ether oxygens (including phenoxy) is 2. The van der Waals surface area contributed by atoms with E-state index in [9.17, 15) is 4.79 Å². The van der Waals surface area contributed by atoms with Gasteiger partial charge >= 0.3 is 0 Å². The van der Waals surface area contributed by atoms with Gasteiger partial charge in [-0.15, -0.1) is 0 Å². The molecule has 0 radical (unpaired) electrons. The Labute approximate surface area is 114 Å². The molecule has 1 aromatic carbocycles. The maximum Gasteiger partial charge on any atom is 0.227 e. The van der Waals surface area contributed by atoms with E-state index in [0.717, 1.165) is 17.6 Å². The van der Waals surface area contributed by atoms with Gasteiger partial charge in [0, 0.05) is 6.07 Å². The molecule has 5 nitrogen and oxygen atoms in total. The zero-order chi connectivity index (χ0) is 13.9. The van der Waals surface area contributed by atoms with E-state index in [1.54, 1.807) is 12.2 Å². The van der Waals surface area contributed by atoms with Gasteiger partial charge in [-0.25, -0.2) is 0 Å². The highest BCUT2D eigenvalue weighted by Crippen LogP contribution is 2.31. The number of hydrogen-bond acceptors (Lipinski definition) is 5. The van der Waals surface area contributed by atoms with Gasteiger partial charge < -0.3 is 19.0 Å². The molecule has 2 heterocycles. The largest absolute Gasteiger partial charge is 0.502 e. The minimum Gasteiger partial charge on any atom is -0.502 e. The highest BCUT2D eigenvalue weighted by Gasteiger charge is 2.10. The molecule has 1 aliphatic rings. The molecular formula is C15H12O5. The summed E-state index contributed by atoms with van der Waals surface area (Å²) in [6.45, 7) is 1.09. The van der Waals surface area contributed by atoms with E-state index in [1.165, 1.54) is 6.07 Å². The highest BCUT2D eigenvalue weighted by atomic mass is 16.6. The van der Waals surface area contributed by atoms with E-state index in [1.807, 2.05) is 18.2 Å². The molecule has 0 unspecified atom stereocenters. The van der Waals surface area contributed by atoms with Crippen molar-refractivity contribution in [2.24, 2.45) is 0 Å². The van der Waals surface area contributed by atoms with Crippen molar-refractivity contribution in [1.82, 2.24) is 0 Å². The second-order valence-corrected chi connectivity index (χ2v) is 4.27. The molecule has 0 bridgehead atoms. The van der Waals surface area contributed by atoms with E-state index < -0.39 is 11.2 Å². The van der Waals surface area contributed by atoms with E-state index >= 15 is 0 Å². The number of aromatic hydroxyl groups is 1. The normalized spacial score (nSPS) is 13.6. The molecular weight excluding hydrogens is 260 g/mol. The lowest BCUT2D eigenvalue weighted by Crippen LogP contribution is -2.15. The van der Waals surface area contributed by atoms with E-state index in [4.69, 9.17) is 19.0 Å². The third-order valence-electron chi connectivity index (χ3n) is 2.84. The predicted octanol–water partition coefficient (Wildman–Crippen LogP) is 2.29. The molecule has 0 fully saturated rings. The van der Waals surface area contributed by atoms with Crippen LogP contribution in [-0.2, 0) is 0 Å². The topological polar surface area (TPSA) is 68.9 Å². The SMILES string of the molecule is O=c1cc(/C=C/c2ccc3c(c2)OCCO3)occ1O. The molecule has 0 saturated carbocycles. The quantitative estimate of drug-likeness (QED) is 0.908. The Morgan fingerprint density at radius 2 is 1.85 bits per heavy atom. The smallest absolute Gasteiger partial charge is 0.227 e.